The van der Waals surface area contributed by atoms with Gasteiger partial charge < -0.3 is 4.74 Å². The van der Waals surface area contributed by atoms with E-state index in [4.69, 9.17) is 4.74 Å². The van der Waals surface area contributed by atoms with Gasteiger partial charge in [-0.05, 0) is 25.1 Å². The van der Waals surface area contributed by atoms with Crippen molar-refractivity contribution >= 4 is 34.3 Å². The molecule has 35 heavy (non-hydrogen) atoms. The van der Waals surface area contributed by atoms with Crippen molar-refractivity contribution in [3.05, 3.63) is 70.3 Å². The lowest BCUT2D eigenvalue weighted by Gasteiger charge is -2.30. The first kappa shape index (κ1) is 21.7. The van der Waals surface area contributed by atoms with Crippen molar-refractivity contribution < 1.29 is 19.1 Å². The number of Topliss-reactive ketones (excluding diaryl/α,β-unsaturated/α-hetero) is 1. The van der Waals surface area contributed by atoms with E-state index in [9.17, 15) is 19.2 Å². The van der Waals surface area contributed by atoms with Crippen LogP contribution in [0.25, 0.3) is 10.9 Å². The summed E-state index contributed by atoms with van der Waals surface area (Å²) < 4.78 is 7.28. The highest BCUT2D eigenvalue weighted by Gasteiger charge is 2.64. The first-order chi connectivity index (χ1) is 16.7. The molecule has 2 saturated heterocycles. The fourth-order valence-electron chi connectivity index (χ4n) is 5.56. The molecule has 0 unspecified atom stereocenters. The van der Waals surface area contributed by atoms with Crippen molar-refractivity contribution in [3.63, 3.8) is 0 Å². The number of ether oxygens (including phenoxy) is 1. The molecule has 178 valence electrons. The Balaban J connectivity index is 1.55. The number of benzene rings is 2. The number of fused-ring (bicyclic) bond motifs is 6. The van der Waals surface area contributed by atoms with Gasteiger partial charge in [-0.15, -0.1) is 0 Å². The number of amides is 1. The smallest absolute Gasteiger partial charge is 0.330 e. The molecule has 1 spiro atoms. The van der Waals surface area contributed by atoms with Gasteiger partial charge in [0.05, 0.1) is 22.6 Å². The fourth-order valence-corrected chi connectivity index (χ4v) is 5.56. The van der Waals surface area contributed by atoms with Crippen LogP contribution in [0.3, 0.4) is 0 Å². The molecule has 4 heterocycles. The number of rotatable bonds is 3. The average molecular weight is 473 g/mol. The number of carbonyl (C=O) groups excluding carboxylic acids is 3. The van der Waals surface area contributed by atoms with Crippen molar-refractivity contribution in [2.45, 2.75) is 51.0 Å². The fraction of sp³-hybridized carbons (Fsp3) is 0.346. The normalized spacial score (nSPS) is 27.1. The number of hydrogen-bond acceptors (Lipinski definition) is 7. The first-order valence-electron chi connectivity index (χ1n) is 11.7. The van der Waals surface area contributed by atoms with Gasteiger partial charge in [-0.2, -0.15) is 0 Å². The van der Waals surface area contributed by atoms with Gasteiger partial charge in [0.15, 0.2) is 11.4 Å². The van der Waals surface area contributed by atoms with E-state index < -0.39 is 41.3 Å². The second-order valence-corrected chi connectivity index (χ2v) is 9.69. The third-order valence-corrected chi connectivity index (χ3v) is 7.25. The minimum atomic E-state index is -1.19. The van der Waals surface area contributed by atoms with Gasteiger partial charge in [-0.3, -0.25) is 29.2 Å². The van der Waals surface area contributed by atoms with E-state index in [-0.39, 0.29) is 23.9 Å². The van der Waals surface area contributed by atoms with Gasteiger partial charge in [0.1, 0.15) is 12.2 Å². The first-order valence-corrected chi connectivity index (χ1v) is 11.7. The molecule has 1 aromatic heterocycles. The zero-order chi connectivity index (χ0) is 24.6. The highest BCUT2D eigenvalue weighted by Crippen LogP contribution is 2.54. The Bertz CT molecular complexity index is 1490. The summed E-state index contributed by atoms with van der Waals surface area (Å²) in [5.74, 6) is -1.57. The maximum absolute atomic E-state index is 13.7. The number of carbonyl (C=O) groups is 3. The molecule has 0 aliphatic carbocycles. The lowest BCUT2D eigenvalue weighted by molar-refractivity contribution is -0.152. The summed E-state index contributed by atoms with van der Waals surface area (Å²) >= 11 is 0. The van der Waals surface area contributed by atoms with Gasteiger partial charge >= 0.3 is 5.97 Å². The Labute approximate surface area is 200 Å². The lowest BCUT2D eigenvalue weighted by atomic mass is 9.88. The number of nitrogens with zero attached hydrogens (tertiary/aromatic N) is 3. The molecule has 1 N–H and O–H groups in total. The van der Waals surface area contributed by atoms with E-state index >= 15 is 0 Å². The molecule has 3 aliphatic rings. The summed E-state index contributed by atoms with van der Waals surface area (Å²) in [5, 5.41) is 3.58. The standard InChI is InChI=1S/C26H24N4O5/c1-13(2)20(31)21-28-17-10-6-4-8-15(17)23(33)29(21)19-12-26(35-24(19)34)16-9-5-7-11-18(16)30-22(32)14(3)27-25(26)30/h4-11,13-14,19,25,27H,12H2,1-3H3/t14-,19-,25-,26+/m0/s1. The topological polar surface area (TPSA) is 111 Å². The molecule has 9 heteroatoms. The number of nitrogens with one attached hydrogen (secondary N) is 1. The van der Waals surface area contributed by atoms with Crippen LogP contribution in [0.2, 0.25) is 0 Å². The van der Waals surface area contributed by atoms with E-state index in [0.29, 0.717) is 22.2 Å². The third kappa shape index (κ3) is 2.81. The quantitative estimate of drug-likeness (QED) is 0.460. The Morgan fingerprint density at radius 1 is 1.11 bits per heavy atom. The van der Waals surface area contributed by atoms with E-state index in [2.05, 4.69) is 10.3 Å². The number of aromatic nitrogens is 2. The summed E-state index contributed by atoms with van der Waals surface area (Å²) in [7, 11) is 0. The average Bonchev–Trinajstić information content (AvgIpc) is 3.44. The predicted octanol–water partition coefficient (Wildman–Crippen LogP) is 2.28. The van der Waals surface area contributed by atoms with Gasteiger partial charge in [-0.1, -0.05) is 44.2 Å². The van der Waals surface area contributed by atoms with Crippen molar-refractivity contribution in [3.8, 4) is 0 Å². The molecule has 0 bridgehead atoms. The van der Waals surface area contributed by atoms with Gasteiger partial charge in [0, 0.05) is 17.9 Å². The van der Waals surface area contributed by atoms with Crippen molar-refractivity contribution in [1.82, 2.24) is 14.9 Å². The second-order valence-electron chi connectivity index (χ2n) is 9.69. The molecule has 0 saturated carbocycles. The van der Waals surface area contributed by atoms with E-state index in [1.807, 2.05) is 24.3 Å². The predicted molar refractivity (Wildman–Crippen MR) is 127 cm³/mol. The van der Waals surface area contributed by atoms with Crippen LogP contribution in [0.1, 0.15) is 49.4 Å². The van der Waals surface area contributed by atoms with Crippen molar-refractivity contribution in [2.75, 3.05) is 4.90 Å². The maximum Gasteiger partial charge on any atom is 0.330 e. The van der Waals surface area contributed by atoms with Crippen LogP contribution in [0.5, 0.6) is 0 Å². The van der Waals surface area contributed by atoms with Gasteiger partial charge in [-0.25, -0.2) is 9.78 Å². The van der Waals surface area contributed by atoms with Crippen LogP contribution in [-0.4, -0.2) is 39.4 Å². The van der Waals surface area contributed by atoms with E-state index in [1.165, 1.54) is 4.57 Å². The molecule has 1 amide bonds. The maximum atomic E-state index is 13.7. The van der Waals surface area contributed by atoms with Crippen molar-refractivity contribution in [1.29, 1.82) is 0 Å². The van der Waals surface area contributed by atoms with Crippen LogP contribution in [0.4, 0.5) is 5.69 Å². The van der Waals surface area contributed by atoms with E-state index in [0.717, 1.165) is 0 Å². The highest BCUT2D eigenvalue weighted by molar-refractivity contribution is 6.03. The molecule has 3 aromatic rings. The second kappa shape index (κ2) is 7.32. The number of ketones is 1. The van der Waals surface area contributed by atoms with Gasteiger partial charge in [0.2, 0.25) is 11.7 Å². The van der Waals surface area contributed by atoms with Gasteiger partial charge in [0.25, 0.3) is 5.56 Å². The van der Waals surface area contributed by atoms with Crippen LogP contribution in [0, 0.1) is 5.92 Å². The molecule has 4 atom stereocenters. The Kier molecular flexibility index (Phi) is 4.53. The molecular formula is C26H24N4O5. The van der Waals surface area contributed by atoms with Crippen LogP contribution < -0.4 is 15.8 Å². The number of para-hydroxylation sites is 2. The number of anilines is 1. The summed E-state index contributed by atoms with van der Waals surface area (Å²) in [5.41, 5.74) is 0.114. The van der Waals surface area contributed by atoms with Crippen LogP contribution >= 0.6 is 0 Å². The zero-order valence-corrected chi connectivity index (χ0v) is 19.5. The summed E-state index contributed by atoms with van der Waals surface area (Å²) in [6.45, 7) is 5.22. The number of esters is 1. The Hall–Kier alpha value is -3.85. The molecule has 3 aliphatic heterocycles. The van der Waals surface area contributed by atoms with Crippen LogP contribution in [-0.2, 0) is 19.9 Å². The summed E-state index contributed by atoms with van der Waals surface area (Å²) in [6, 6.07) is 12.6. The monoisotopic (exact) mass is 472 g/mol. The van der Waals surface area contributed by atoms with Crippen molar-refractivity contribution in [2.24, 2.45) is 5.92 Å². The summed E-state index contributed by atoms with van der Waals surface area (Å²) in [4.78, 5) is 59.4. The largest absolute Gasteiger partial charge is 0.449 e. The highest BCUT2D eigenvalue weighted by atomic mass is 16.6. The Morgan fingerprint density at radius 2 is 1.83 bits per heavy atom. The SMILES string of the molecule is CC(C)C(=O)c1nc2ccccc2c(=O)n1[C@H]1C[C@@]2(OC1=O)c1ccccc1N1C(=O)[C@H](C)N[C@@H]12. The molecule has 0 radical (unpaired) electrons. The zero-order valence-electron chi connectivity index (χ0n) is 19.5. The molecule has 9 nitrogen and oxygen atoms in total. The lowest BCUT2D eigenvalue weighted by Crippen LogP contribution is -2.49. The number of hydrogen-bond donors (Lipinski definition) is 1. The molecular weight excluding hydrogens is 448 g/mol. The Morgan fingerprint density at radius 3 is 2.60 bits per heavy atom. The summed E-state index contributed by atoms with van der Waals surface area (Å²) in [6.07, 6.45) is -0.528. The van der Waals surface area contributed by atoms with E-state index in [1.54, 1.807) is 49.9 Å². The minimum absolute atomic E-state index is 0.0605. The molecule has 2 aromatic carbocycles. The minimum Gasteiger partial charge on any atom is -0.449 e. The third-order valence-electron chi connectivity index (χ3n) is 7.25. The molecule has 2 fully saturated rings. The molecule has 6 rings (SSSR count). The van der Waals surface area contributed by atoms with Crippen LogP contribution in [0.15, 0.2) is 53.3 Å².